The highest BCUT2D eigenvalue weighted by atomic mass is 32.2. The van der Waals surface area contributed by atoms with E-state index in [1.165, 1.54) is 11.9 Å². The molecule has 4 rings (SSSR count). The van der Waals surface area contributed by atoms with Crippen LogP contribution in [0.25, 0.3) is 16.7 Å². The molecule has 0 bridgehead atoms. The topological polar surface area (TPSA) is 60.6 Å². The van der Waals surface area contributed by atoms with Gasteiger partial charge in [0.2, 0.25) is 0 Å². The molecule has 0 fully saturated rings. The first-order valence-electron chi connectivity index (χ1n) is 7.11. The third-order valence-electron chi connectivity index (χ3n) is 3.48. The Morgan fingerprint density at radius 3 is 2.87 bits per heavy atom. The molecule has 0 amide bonds. The van der Waals surface area contributed by atoms with Crippen molar-refractivity contribution < 1.29 is 0 Å². The molecule has 3 heterocycles. The Morgan fingerprint density at radius 2 is 2.00 bits per heavy atom. The summed E-state index contributed by atoms with van der Waals surface area (Å²) in [6.07, 6.45) is 7.38. The Hall–Kier alpha value is -2.80. The van der Waals surface area contributed by atoms with Crippen molar-refractivity contribution in [3.05, 3.63) is 61.2 Å². The smallest absolute Gasteiger partial charge is 0.153 e. The van der Waals surface area contributed by atoms with Gasteiger partial charge in [0.1, 0.15) is 0 Å². The molecule has 0 saturated carbocycles. The van der Waals surface area contributed by atoms with Crippen LogP contribution in [0.3, 0.4) is 0 Å². The number of nitrogens with one attached hydrogen (secondary N) is 1. The molecule has 0 radical (unpaired) electrons. The number of pyridine rings is 1. The van der Waals surface area contributed by atoms with E-state index in [4.69, 9.17) is 0 Å². The summed E-state index contributed by atoms with van der Waals surface area (Å²) >= 11 is 1.51. The van der Waals surface area contributed by atoms with Gasteiger partial charge >= 0.3 is 0 Å². The van der Waals surface area contributed by atoms with Gasteiger partial charge in [-0.2, -0.15) is 10.2 Å². The van der Waals surface area contributed by atoms with Gasteiger partial charge in [-0.05, 0) is 30.1 Å². The summed E-state index contributed by atoms with van der Waals surface area (Å²) in [7, 11) is 1.94. The van der Waals surface area contributed by atoms with Crippen LogP contribution in [0.4, 0.5) is 5.69 Å². The Balaban J connectivity index is 1.55. The number of aromatic nitrogens is 5. The lowest BCUT2D eigenvalue weighted by Crippen LogP contribution is -1.96. The van der Waals surface area contributed by atoms with Gasteiger partial charge in [0.05, 0.1) is 28.5 Å². The van der Waals surface area contributed by atoms with Crippen molar-refractivity contribution in [2.75, 3.05) is 4.72 Å². The minimum Gasteiger partial charge on any atom is -0.324 e. The Bertz CT molecular complexity index is 944. The van der Waals surface area contributed by atoms with Crippen LogP contribution in [-0.2, 0) is 7.05 Å². The van der Waals surface area contributed by atoms with E-state index in [0.29, 0.717) is 0 Å². The summed E-state index contributed by atoms with van der Waals surface area (Å²) in [6, 6.07) is 11.9. The molecule has 0 aliphatic carbocycles. The molecule has 1 N–H and O–H groups in total. The van der Waals surface area contributed by atoms with E-state index in [1.807, 2.05) is 60.7 Å². The van der Waals surface area contributed by atoms with E-state index in [-0.39, 0.29) is 0 Å². The van der Waals surface area contributed by atoms with E-state index in [1.54, 1.807) is 10.9 Å². The molecule has 7 heteroatoms. The fraction of sp³-hybridized carbons (Fsp3) is 0.0625. The molecule has 0 saturated heterocycles. The summed E-state index contributed by atoms with van der Waals surface area (Å²) in [6.45, 7) is 0. The lowest BCUT2D eigenvalue weighted by atomic mass is 10.2. The summed E-state index contributed by atoms with van der Waals surface area (Å²) in [5.41, 5.74) is 2.11. The van der Waals surface area contributed by atoms with E-state index in [9.17, 15) is 0 Å². The second-order valence-electron chi connectivity index (χ2n) is 5.02. The number of aryl methyl sites for hydroxylation is 1. The molecule has 0 spiro atoms. The molecule has 114 valence electrons. The molecule has 1 aromatic carbocycles. The van der Waals surface area contributed by atoms with Crippen molar-refractivity contribution in [2.24, 2.45) is 7.05 Å². The van der Waals surface area contributed by atoms with Crippen LogP contribution in [0.15, 0.2) is 66.1 Å². The Morgan fingerprint density at radius 1 is 1.04 bits per heavy atom. The zero-order valence-electron chi connectivity index (χ0n) is 12.4. The Labute approximate surface area is 137 Å². The standard InChI is InChI=1S/C16H14N6S/c1-21-16-12(9-18-21)5-4-6-14(16)20-23-13-10-19-22(11-13)15-7-2-3-8-17-15/h2-11,20H,1H3. The molecule has 0 atom stereocenters. The second-order valence-corrected chi connectivity index (χ2v) is 5.90. The number of benzene rings is 1. The lowest BCUT2D eigenvalue weighted by Gasteiger charge is -2.06. The van der Waals surface area contributed by atoms with Gasteiger partial charge < -0.3 is 4.72 Å². The molecular formula is C16H14N6S. The van der Waals surface area contributed by atoms with Crippen molar-refractivity contribution in [3.8, 4) is 5.82 Å². The first-order valence-corrected chi connectivity index (χ1v) is 7.92. The quantitative estimate of drug-likeness (QED) is 0.584. The summed E-state index contributed by atoms with van der Waals surface area (Å²) in [5, 5.41) is 9.76. The zero-order chi connectivity index (χ0) is 15.6. The SMILES string of the molecule is Cn1ncc2cccc(NSc3cnn(-c4ccccn4)c3)c21. The van der Waals surface area contributed by atoms with Crippen LogP contribution < -0.4 is 4.72 Å². The van der Waals surface area contributed by atoms with Gasteiger partial charge in [-0.15, -0.1) is 0 Å². The van der Waals surface area contributed by atoms with Crippen LogP contribution in [0.5, 0.6) is 0 Å². The Kier molecular flexibility index (Phi) is 3.47. The van der Waals surface area contributed by atoms with Crippen LogP contribution in [0.2, 0.25) is 0 Å². The maximum atomic E-state index is 4.34. The van der Waals surface area contributed by atoms with Crippen LogP contribution in [-0.4, -0.2) is 24.5 Å². The van der Waals surface area contributed by atoms with Gasteiger partial charge in [-0.1, -0.05) is 18.2 Å². The predicted octanol–water partition coefficient (Wildman–Crippen LogP) is 3.27. The van der Waals surface area contributed by atoms with Gasteiger partial charge in [0.25, 0.3) is 0 Å². The number of nitrogens with zero attached hydrogens (tertiary/aromatic N) is 5. The predicted molar refractivity (Wildman–Crippen MR) is 91.6 cm³/mol. The van der Waals surface area contributed by atoms with Crippen molar-refractivity contribution in [2.45, 2.75) is 4.90 Å². The lowest BCUT2D eigenvalue weighted by molar-refractivity contribution is 0.798. The minimum atomic E-state index is 0.799. The van der Waals surface area contributed by atoms with Crippen molar-refractivity contribution in [1.29, 1.82) is 0 Å². The van der Waals surface area contributed by atoms with E-state index >= 15 is 0 Å². The maximum Gasteiger partial charge on any atom is 0.153 e. The number of hydrogen-bond acceptors (Lipinski definition) is 5. The van der Waals surface area contributed by atoms with Gasteiger partial charge in [-0.3, -0.25) is 4.68 Å². The molecule has 23 heavy (non-hydrogen) atoms. The molecule has 0 unspecified atom stereocenters. The fourth-order valence-electron chi connectivity index (χ4n) is 2.40. The molecular weight excluding hydrogens is 308 g/mol. The van der Waals surface area contributed by atoms with Gasteiger partial charge in [0.15, 0.2) is 5.82 Å². The van der Waals surface area contributed by atoms with Crippen LogP contribution >= 0.6 is 11.9 Å². The summed E-state index contributed by atoms with van der Waals surface area (Å²) < 4.78 is 7.01. The number of hydrogen-bond donors (Lipinski definition) is 1. The normalized spacial score (nSPS) is 11.0. The van der Waals surface area contributed by atoms with Crippen LogP contribution in [0, 0.1) is 0 Å². The average molecular weight is 322 g/mol. The monoisotopic (exact) mass is 322 g/mol. The number of rotatable bonds is 4. The zero-order valence-corrected chi connectivity index (χ0v) is 13.2. The molecule has 4 aromatic rings. The third-order valence-corrected chi connectivity index (χ3v) is 4.25. The van der Waals surface area contributed by atoms with Crippen molar-refractivity contribution >= 4 is 28.5 Å². The highest BCUT2D eigenvalue weighted by Gasteiger charge is 2.07. The van der Waals surface area contributed by atoms with Gasteiger partial charge in [-0.25, -0.2) is 9.67 Å². The number of fused-ring (bicyclic) bond motifs is 1. The molecule has 0 aliphatic rings. The highest BCUT2D eigenvalue weighted by Crippen LogP contribution is 2.27. The van der Waals surface area contributed by atoms with E-state index < -0.39 is 0 Å². The molecule has 0 aliphatic heterocycles. The first kappa shape index (κ1) is 13.8. The van der Waals surface area contributed by atoms with Gasteiger partial charge in [0, 0.05) is 24.8 Å². The van der Waals surface area contributed by atoms with E-state index in [2.05, 4.69) is 26.0 Å². The fourth-order valence-corrected chi connectivity index (χ4v) is 3.05. The van der Waals surface area contributed by atoms with Crippen molar-refractivity contribution in [1.82, 2.24) is 24.5 Å². The van der Waals surface area contributed by atoms with Crippen LogP contribution in [0.1, 0.15) is 0 Å². The van der Waals surface area contributed by atoms with Crippen molar-refractivity contribution in [3.63, 3.8) is 0 Å². The van der Waals surface area contributed by atoms with E-state index in [0.717, 1.165) is 27.3 Å². The number of para-hydroxylation sites is 1. The average Bonchev–Trinajstić information content (AvgIpc) is 3.21. The molecule has 3 aromatic heterocycles. The summed E-state index contributed by atoms with van der Waals surface area (Å²) in [4.78, 5) is 5.29. The number of anilines is 1. The maximum absolute atomic E-state index is 4.34. The molecule has 6 nitrogen and oxygen atoms in total. The summed E-state index contributed by atoms with van der Waals surface area (Å²) in [5.74, 6) is 0.799. The second kappa shape index (κ2) is 5.77. The third kappa shape index (κ3) is 2.66. The first-order chi connectivity index (χ1) is 11.3. The highest BCUT2D eigenvalue weighted by molar-refractivity contribution is 8.00. The largest absolute Gasteiger partial charge is 0.324 e. The minimum absolute atomic E-state index is 0.799.